The van der Waals surface area contributed by atoms with Crippen LogP contribution in [0.3, 0.4) is 0 Å². The minimum absolute atomic E-state index is 0.00175. The van der Waals surface area contributed by atoms with E-state index >= 15 is 0 Å². The van der Waals surface area contributed by atoms with Gasteiger partial charge in [0.1, 0.15) is 18.3 Å². The maximum atomic E-state index is 13.8. The van der Waals surface area contributed by atoms with E-state index in [0.29, 0.717) is 32.0 Å². The van der Waals surface area contributed by atoms with Crippen LogP contribution in [-0.4, -0.2) is 139 Å². The lowest BCUT2D eigenvalue weighted by molar-refractivity contribution is -0.144. The molecule has 7 atom stereocenters. The van der Waals surface area contributed by atoms with Gasteiger partial charge in [0.25, 0.3) is 0 Å². The first kappa shape index (κ1) is 28.2. The van der Waals surface area contributed by atoms with Gasteiger partial charge >= 0.3 is 0 Å². The van der Waals surface area contributed by atoms with Crippen molar-refractivity contribution >= 4 is 21.8 Å². The van der Waals surface area contributed by atoms with Gasteiger partial charge in [-0.1, -0.05) is 19.3 Å². The Morgan fingerprint density at radius 2 is 1.74 bits per heavy atom. The third-order valence-electron chi connectivity index (χ3n) is 8.83. The molecule has 5 aliphatic rings. The molecule has 4 saturated heterocycles. The lowest BCUT2D eigenvalue weighted by Crippen LogP contribution is -2.55. The molecule has 2 amide bonds. The molecule has 0 aromatic carbocycles. The maximum absolute atomic E-state index is 13.8. The van der Waals surface area contributed by atoms with Gasteiger partial charge in [-0.05, 0) is 25.2 Å². The molecule has 4 aliphatic heterocycles. The van der Waals surface area contributed by atoms with Gasteiger partial charge < -0.3 is 29.9 Å². The van der Waals surface area contributed by atoms with Crippen molar-refractivity contribution in [2.75, 3.05) is 52.1 Å². The second-order valence-electron chi connectivity index (χ2n) is 11.7. The van der Waals surface area contributed by atoms with Gasteiger partial charge in [-0.3, -0.25) is 14.5 Å². The van der Waals surface area contributed by atoms with Crippen molar-refractivity contribution in [3.05, 3.63) is 0 Å². The quantitative estimate of drug-likeness (QED) is 0.377. The number of nitrogens with one attached hydrogen (secondary N) is 1. The van der Waals surface area contributed by atoms with E-state index < -0.39 is 40.5 Å². The second-order valence-corrected chi connectivity index (χ2v) is 13.7. The van der Waals surface area contributed by atoms with Crippen LogP contribution in [0.4, 0.5) is 0 Å². The summed E-state index contributed by atoms with van der Waals surface area (Å²) in [6.45, 7) is 2.18. The van der Waals surface area contributed by atoms with Crippen molar-refractivity contribution in [3.63, 3.8) is 0 Å². The highest BCUT2D eigenvalue weighted by Crippen LogP contribution is 2.30. The van der Waals surface area contributed by atoms with Crippen molar-refractivity contribution in [3.8, 4) is 0 Å². The van der Waals surface area contributed by atoms with Crippen LogP contribution in [0.2, 0.25) is 0 Å². The monoisotopic (exact) mass is 558 g/mol. The van der Waals surface area contributed by atoms with Crippen molar-refractivity contribution in [2.45, 2.75) is 87.5 Å². The van der Waals surface area contributed by atoms with E-state index in [1.54, 1.807) is 4.90 Å². The average Bonchev–Trinajstić information content (AvgIpc) is 3.38. The number of nitrogens with zero attached hydrogens (tertiary/aromatic N) is 3. The molecule has 0 aromatic heterocycles. The normalized spacial score (nSPS) is 38.9. The van der Waals surface area contributed by atoms with E-state index in [1.165, 1.54) is 23.6 Å². The molecule has 216 valence electrons. The molecule has 38 heavy (non-hydrogen) atoms. The van der Waals surface area contributed by atoms with Crippen LogP contribution < -0.4 is 5.32 Å². The van der Waals surface area contributed by atoms with Crippen LogP contribution in [0.25, 0.3) is 0 Å². The first-order chi connectivity index (χ1) is 18.1. The smallest absolute Gasteiger partial charge is 0.240 e. The molecule has 3 N–H and O–H groups in total. The number of carbonyl (C=O) groups is 2. The van der Waals surface area contributed by atoms with Crippen LogP contribution in [0.15, 0.2) is 0 Å². The summed E-state index contributed by atoms with van der Waals surface area (Å²) in [6.07, 6.45) is 2.23. The SMILES string of the molecule is CS(=O)(=O)N1C[C@@H]2CN(CCO2)C(=O)[C@@H]2C[C@@H](CN2CC2CCCCC2)NC(=O)C[C@@H]2O[C@H](C1)[C@@H](O)[C@H]2O. The molecular weight excluding hydrogens is 516 g/mol. The van der Waals surface area contributed by atoms with Gasteiger partial charge in [-0.25, -0.2) is 8.42 Å². The minimum Gasteiger partial charge on any atom is -0.388 e. The number of hydrogen-bond donors (Lipinski definition) is 3. The third kappa shape index (κ3) is 6.34. The van der Waals surface area contributed by atoms with E-state index in [1.807, 2.05) is 0 Å². The summed E-state index contributed by atoms with van der Waals surface area (Å²) >= 11 is 0. The number of sulfonamides is 1. The van der Waals surface area contributed by atoms with Crippen LogP contribution in [0, 0.1) is 5.92 Å². The van der Waals surface area contributed by atoms with E-state index in [-0.39, 0.29) is 50.0 Å². The molecule has 0 spiro atoms. The molecule has 13 heteroatoms. The highest BCUT2D eigenvalue weighted by molar-refractivity contribution is 7.88. The van der Waals surface area contributed by atoms with Gasteiger partial charge in [-0.15, -0.1) is 0 Å². The fourth-order valence-corrected chi connectivity index (χ4v) is 7.65. The zero-order valence-corrected chi connectivity index (χ0v) is 22.9. The molecule has 0 radical (unpaired) electrons. The first-order valence-corrected chi connectivity index (χ1v) is 15.8. The highest BCUT2D eigenvalue weighted by atomic mass is 32.2. The summed E-state index contributed by atoms with van der Waals surface area (Å²) in [5.74, 6) is 0.207. The Morgan fingerprint density at radius 3 is 2.47 bits per heavy atom. The Balaban J connectivity index is 1.39. The summed E-state index contributed by atoms with van der Waals surface area (Å²) in [4.78, 5) is 30.8. The van der Waals surface area contributed by atoms with Crippen LogP contribution >= 0.6 is 0 Å². The zero-order valence-electron chi connectivity index (χ0n) is 22.1. The van der Waals surface area contributed by atoms with Crippen molar-refractivity contribution in [1.82, 2.24) is 19.4 Å². The lowest BCUT2D eigenvalue weighted by Gasteiger charge is -2.38. The van der Waals surface area contributed by atoms with Gasteiger partial charge in [0.05, 0.1) is 37.5 Å². The summed E-state index contributed by atoms with van der Waals surface area (Å²) in [6, 6.07) is -0.566. The van der Waals surface area contributed by atoms with Crippen molar-refractivity contribution in [2.24, 2.45) is 5.92 Å². The summed E-state index contributed by atoms with van der Waals surface area (Å²) < 4.78 is 38.1. The number of ether oxygens (including phenoxy) is 2. The number of aliphatic hydroxyl groups is 2. The van der Waals surface area contributed by atoms with E-state index in [2.05, 4.69) is 10.2 Å². The molecule has 1 saturated carbocycles. The standard InChI is InChI=1S/C25H42N4O8S/c1-38(34,35)29-14-18-13-27(7-8-36-18)25(33)19-9-17(12-28(19)11-16-5-3-2-4-6-16)26-22(30)10-20-23(31)24(32)21(15-29)37-20/h16-21,23-24,31-32H,2-15H2,1H3,(H,26,30)/t17-,18-,19-,20-,21+,23-,24+/m0/s1. The number of morpholine rings is 1. The molecule has 4 heterocycles. The van der Waals surface area contributed by atoms with Crippen molar-refractivity contribution in [1.29, 1.82) is 0 Å². The van der Waals surface area contributed by atoms with Crippen molar-refractivity contribution < 1.29 is 37.7 Å². The number of hydrogen-bond acceptors (Lipinski definition) is 9. The zero-order chi connectivity index (χ0) is 27.0. The molecular formula is C25H42N4O8S. The number of amides is 2. The Labute approximate surface area is 224 Å². The molecule has 6 bridgehead atoms. The number of fused-ring (bicyclic) bond motifs is 6. The van der Waals surface area contributed by atoms with Gasteiger partial charge in [0, 0.05) is 45.3 Å². The van der Waals surface area contributed by atoms with Crippen LogP contribution in [0.1, 0.15) is 44.9 Å². The van der Waals surface area contributed by atoms with Crippen LogP contribution in [-0.2, 0) is 29.1 Å². The Bertz CT molecular complexity index is 976. The summed E-state index contributed by atoms with van der Waals surface area (Å²) in [5, 5.41) is 24.2. The van der Waals surface area contributed by atoms with E-state index in [0.717, 1.165) is 25.6 Å². The summed E-state index contributed by atoms with van der Waals surface area (Å²) in [5.41, 5.74) is 0. The molecule has 0 aromatic rings. The summed E-state index contributed by atoms with van der Waals surface area (Å²) in [7, 11) is -3.71. The number of likely N-dealkylation sites (tertiary alicyclic amines) is 1. The molecule has 1 aliphatic carbocycles. The Morgan fingerprint density at radius 1 is 1.00 bits per heavy atom. The number of carbonyl (C=O) groups excluding carboxylic acids is 2. The maximum Gasteiger partial charge on any atom is 0.240 e. The lowest BCUT2D eigenvalue weighted by atomic mass is 9.89. The first-order valence-electron chi connectivity index (χ1n) is 14.0. The Kier molecular flexibility index (Phi) is 8.63. The fraction of sp³-hybridized carbons (Fsp3) is 0.920. The largest absolute Gasteiger partial charge is 0.388 e. The number of rotatable bonds is 3. The average molecular weight is 559 g/mol. The minimum atomic E-state index is -3.71. The third-order valence-corrected chi connectivity index (χ3v) is 10.1. The second kappa shape index (κ2) is 11.6. The van der Waals surface area contributed by atoms with Gasteiger partial charge in [0.2, 0.25) is 21.8 Å². The number of aliphatic hydroxyl groups excluding tert-OH is 2. The fourth-order valence-electron chi connectivity index (χ4n) is 6.80. The predicted octanol–water partition coefficient (Wildman–Crippen LogP) is -1.49. The van der Waals surface area contributed by atoms with E-state index in [9.17, 15) is 28.2 Å². The molecule has 0 unspecified atom stereocenters. The molecule has 5 rings (SSSR count). The topological polar surface area (TPSA) is 149 Å². The predicted molar refractivity (Wildman–Crippen MR) is 137 cm³/mol. The van der Waals surface area contributed by atoms with Gasteiger partial charge in [0.15, 0.2) is 0 Å². The molecule has 12 nitrogen and oxygen atoms in total. The molecule has 5 fully saturated rings. The highest BCUT2D eigenvalue weighted by Gasteiger charge is 2.47. The van der Waals surface area contributed by atoms with Gasteiger partial charge in [-0.2, -0.15) is 4.31 Å². The van der Waals surface area contributed by atoms with Crippen LogP contribution in [0.5, 0.6) is 0 Å². The van der Waals surface area contributed by atoms with E-state index in [4.69, 9.17) is 9.47 Å². The Hall–Kier alpha value is -1.35.